The van der Waals surface area contributed by atoms with E-state index in [0.29, 0.717) is 0 Å². The first-order valence-electron chi connectivity index (χ1n) is 7.42. The van der Waals surface area contributed by atoms with Gasteiger partial charge in [-0.3, -0.25) is 0 Å². The van der Waals surface area contributed by atoms with E-state index in [1.165, 1.54) is 64.2 Å². The van der Waals surface area contributed by atoms with Gasteiger partial charge in [0.05, 0.1) is 6.61 Å². The summed E-state index contributed by atoms with van der Waals surface area (Å²) in [6.07, 6.45) is 5.42. The lowest BCUT2D eigenvalue weighted by atomic mass is 9.99. The van der Waals surface area contributed by atoms with E-state index in [1.807, 2.05) is 7.11 Å². The first-order chi connectivity index (χ1) is 8.88. The van der Waals surface area contributed by atoms with Gasteiger partial charge < -0.3 is 15.0 Å². The Balaban J connectivity index is 1.57. The van der Waals surface area contributed by atoms with Crippen LogP contribution < -0.4 is 5.32 Å². The standard InChI is InChI=1S/C14H28N2OS/c1-17-12-13-3-2-8-16(11-13)9-10-18-14-4-6-15-7-5-14/h13-15H,2-12H2,1H3. The van der Waals surface area contributed by atoms with Crippen LogP contribution in [-0.2, 0) is 4.74 Å². The summed E-state index contributed by atoms with van der Waals surface area (Å²) >= 11 is 2.19. The normalized spacial score (nSPS) is 27.5. The molecule has 106 valence electrons. The fraction of sp³-hybridized carbons (Fsp3) is 1.00. The maximum atomic E-state index is 5.29. The number of hydrogen-bond donors (Lipinski definition) is 1. The van der Waals surface area contributed by atoms with Crippen LogP contribution in [0.1, 0.15) is 25.7 Å². The van der Waals surface area contributed by atoms with Crippen molar-refractivity contribution in [2.45, 2.75) is 30.9 Å². The monoisotopic (exact) mass is 272 g/mol. The van der Waals surface area contributed by atoms with Gasteiger partial charge in [0.2, 0.25) is 0 Å². The number of hydrogen-bond acceptors (Lipinski definition) is 4. The predicted octanol–water partition coefficient (Wildman–Crippen LogP) is 1.83. The van der Waals surface area contributed by atoms with Crippen LogP contribution >= 0.6 is 11.8 Å². The van der Waals surface area contributed by atoms with Gasteiger partial charge in [0.1, 0.15) is 0 Å². The fourth-order valence-corrected chi connectivity index (χ4v) is 4.30. The zero-order valence-electron chi connectivity index (χ0n) is 11.7. The summed E-state index contributed by atoms with van der Waals surface area (Å²) in [5.74, 6) is 2.08. The third-order valence-corrected chi connectivity index (χ3v) is 5.41. The van der Waals surface area contributed by atoms with Crippen molar-refractivity contribution in [3.63, 3.8) is 0 Å². The first kappa shape index (κ1) is 14.6. The van der Waals surface area contributed by atoms with E-state index in [9.17, 15) is 0 Å². The SMILES string of the molecule is COCC1CCCN(CCSC2CCNCC2)C1. The number of likely N-dealkylation sites (tertiary alicyclic amines) is 1. The van der Waals surface area contributed by atoms with E-state index in [2.05, 4.69) is 22.0 Å². The predicted molar refractivity (Wildman–Crippen MR) is 79.4 cm³/mol. The van der Waals surface area contributed by atoms with Crippen molar-refractivity contribution in [2.75, 3.05) is 52.2 Å². The van der Waals surface area contributed by atoms with Gasteiger partial charge in [-0.25, -0.2) is 0 Å². The van der Waals surface area contributed by atoms with E-state index in [1.54, 1.807) is 0 Å². The summed E-state index contributed by atoms with van der Waals surface area (Å²) in [5, 5.41) is 4.34. The van der Waals surface area contributed by atoms with Gasteiger partial charge in [0.15, 0.2) is 0 Å². The van der Waals surface area contributed by atoms with Crippen molar-refractivity contribution in [1.29, 1.82) is 0 Å². The quantitative estimate of drug-likeness (QED) is 0.797. The molecule has 0 spiro atoms. The van der Waals surface area contributed by atoms with Crippen LogP contribution in [0.4, 0.5) is 0 Å². The Labute approximate surface area is 116 Å². The van der Waals surface area contributed by atoms with Crippen LogP contribution in [0, 0.1) is 5.92 Å². The molecule has 18 heavy (non-hydrogen) atoms. The molecular weight excluding hydrogens is 244 g/mol. The molecule has 1 N–H and O–H groups in total. The molecule has 0 aliphatic carbocycles. The third kappa shape index (κ3) is 5.08. The average Bonchev–Trinajstić information content (AvgIpc) is 2.41. The van der Waals surface area contributed by atoms with Gasteiger partial charge in [-0.15, -0.1) is 0 Å². The van der Waals surface area contributed by atoms with E-state index in [-0.39, 0.29) is 0 Å². The molecule has 2 heterocycles. The smallest absolute Gasteiger partial charge is 0.0502 e. The molecule has 0 aromatic heterocycles. The molecule has 1 atom stereocenters. The molecule has 2 rings (SSSR count). The molecule has 0 aromatic carbocycles. The van der Waals surface area contributed by atoms with Crippen LogP contribution in [0.25, 0.3) is 0 Å². The lowest BCUT2D eigenvalue weighted by Gasteiger charge is -2.32. The van der Waals surface area contributed by atoms with Gasteiger partial charge in [-0.05, 0) is 51.2 Å². The van der Waals surface area contributed by atoms with Gasteiger partial charge in [0, 0.05) is 31.2 Å². The van der Waals surface area contributed by atoms with Crippen molar-refractivity contribution >= 4 is 11.8 Å². The second-order valence-electron chi connectivity index (χ2n) is 5.58. The minimum atomic E-state index is 0.771. The van der Waals surface area contributed by atoms with Crippen LogP contribution in [-0.4, -0.2) is 62.3 Å². The highest BCUT2D eigenvalue weighted by Gasteiger charge is 2.20. The minimum absolute atomic E-state index is 0.771. The summed E-state index contributed by atoms with van der Waals surface area (Å²) in [7, 11) is 1.83. The minimum Gasteiger partial charge on any atom is -0.384 e. The average molecular weight is 272 g/mol. The van der Waals surface area contributed by atoms with Crippen LogP contribution in [0.5, 0.6) is 0 Å². The molecule has 0 amide bonds. The molecule has 3 nitrogen and oxygen atoms in total. The fourth-order valence-electron chi connectivity index (χ4n) is 3.04. The maximum Gasteiger partial charge on any atom is 0.0502 e. The van der Waals surface area contributed by atoms with E-state index >= 15 is 0 Å². The van der Waals surface area contributed by atoms with Crippen LogP contribution in [0.2, 0.25) is 0 Å². The van der Waals surface area contributed by atoms with Crippen LogP contribution in [0.15, 0.2) is 0 Å². The Hall–Kier alpha value is 0.230. The summed E-state index contributed by atoms with van der Waals surface area (Å²) in [4.78, 5) is 2.64. The Morgan fingerprint density at radius 3 is 2.89 bits per heavy atom. The number of nitrogens with one attached hydrogen (secondary N) is 1. The Morgan fingerprint density at radius 1 is 1.28 bits per heavy atom. The highest BCUT2D eigenvalue weighted by molar-refractivity contribution is 7.99. The Kier molecular flexibility index (Phi) is 6.84. The number of rotatable bonds is 6. The number of nitrogens with zero attached hydrogens (tertiary/aromatic N) is 1. The molecule has 0 radical (unpaired) electrons. The number of thioether (sulfide) groups is 1. The molecular formula is C14H28N2OS. The van der Waals surface area contributed by atoms with E-state index in [0.717, 1.165) is 17.8 Å². The van der Waals surface area contributed by atoms with Crippen LogP contribution in [0.3, 0.4) is 0 Å². The summed E-state index contributed by atoms with van der Waals surface area (Å²) in [5.41, 5.74) is 0. The molecule has 1 unspecified atom stereocenters. The highest BCUT2D eigenvalue weighted by atomic mass is 32.2. The van der Waals surface area contributed by atoms with E-state index in [4.69, 9.17) is 4.74 Å². The Morgan fingerprint density at radius 2 is 2.11 bits per heavy atom. The molecule has 2 fully saturated rings. The highest BCUT2D eigenvalue weighted by Crippen LogP contribution is 2.21. The molecule has 0 aromatic rings. The van der Waals surface area contributed by atoms with Gasteiger partial charge in [-0.2, -0.15) is 11.8 Å². The second-order valence-corrected chi connectivity index (χ2v) is 6.99. The first-order valence-corrected chi connectivity index (χ1v) is 8.47. The summed E-state index contributed by atoms with van der Waals surface area (Å²) in [6.45, 7) is 7.20. The molecule has 2 aliphatic rings. The number of piperidine rings is 2. The summed E-state index contributed by atoms with van der Waals surface area (Å²) < 4.78 is 5.29. The lowest BCUT2D eigenvalue weighted by molar-refractivity contribution is 0.0937. The van der Waals surface area contributed by atoms with Gasteiger partial charge >= 0.3 is 0 Å². The number of methoxy groups -OCH3 is 1. The zero-order chi connectivity index (χ0) is 12.6. The molecule has 0 bridgehead atoms. The molecule has 0 saturated carbocycles. The molecule has 2 saturated heterocycles. The van der Waals surface area contributed by atoms with Crippen molar-refractivity contribution in [3.05, 3.63) is 0 Å². The third-order valence-electron chi connectivity index (χ3n) is 4.05. The largest absolute Gasteiger partial charge is 0.384 e. The summed E-state index contributed by atoms with van der Waals surface area (Å²) in [6, 6.07) is 0. The van der Waals surface area contributed by atoms with Crippen molar-refractivity contribution in [1.82, 2.24) is 10.2 Å². The van der Waals surface area contributed by atoms with Gasteiger partial charge in [0.25, 0.3) is 0 Å². The van der Waals surface area contributed by atoms with Crippen molar-refractivity contribution in [2.24, 2.45) is 5.92 Å². The van der Waals surface area contributed by atoms with Gasteiger partial charge in [-0.1, -0.05) is 0 Å². The zero-order valence-corrected chi connectivity index (χ0v) is 12.5. The lowest BCUT2D eigenvalue weighted by Crippen LogP contribution is -2.38. The second kappa shape index (κ2) is 8.41. The maximum absolute atomic E-state index is 5.29. The van der Waals surface area contributed by atoms with Crippen molar-refractivity contribution in [3.8, 4) is 0 Å². The Bertz CT molecular complexity index is 220. The molecule has 4 heteroatoms. The molecule has 2 aliphatic heterocycles. The van der Waals surface area contributed by atoms with Crippen molar-refractivity contribution < 1.29 is 4.74 Å². The van der Waals surface area contributed by atoms with E-state index < -0.39 is 0 Å². The topological polar surface area (TPSA) is 24.5 Å². The number of ether oxygens (including phenoxy) is 1.